The maximum absolute atomic E-state index is 5.33. The minimum atomic E-state index is -1.55. The molecule has 0 unspecified atom stereocenters. The van der Waals surface area contributed by atoms with E-state index >= 15 is 0 Å². The summed E-state index contributed by atoms with van der Waals surface area (Å²) in [7, 11) is -3.10. The monoisotopic (exact) mass is 464 g/mol. The summed E-state index contributed by atoms with van der Waals surface area (Å²) in [6, 6.07) is 21.6. The van der Waals surface area contributed by atoms with Gasteiger partial charge in [-0.1, -0.05) is 113 Å². The highest BCUT2D eigenvalue weighted by Gasteiger charge is 2.28. The van der Waals surface area contributed by atoms with Crippen molar-refractivity contribution in [2.45, 2.75) is 77.0 Å². The fraction of sp³-hybridized carbons (Fsp3) is 0.462. The first kappa shape index (κ1) is 24.5. The third kappa shape index (κ3) is 7.74. The van der Waals surface area contributed by atoms with E-state index in [1.165, 1.54) is 24.0 Å². The number of hydrogen-bond acceptors (Lipinski definition) is 2. The lowest BCUT2D eigenvalue weighted by Crippen LogP contribution is -2.47. The highest BCUT2D eigenvalue weighted by molar-refractivity contribution is 6.76. The SMILES string of the molecule is C[Si](C)(C)NC(=N[C@H]1CCCC[C@@H]1N=C(N[Si](C)(C)C)c1ccccc1)c1ccccc1. The average Bonchev–Trinajstić information content (AvgIpc) is 2.73. The molecule has 1 fully saturated rings. The normalized spacial score (nSPS) is 20.7. The van der Waals surface area contributed by atoms with E-state index in [0.29, 0.717) is 0 Å². The summed E-state index contributed by atoms with van der Waals surface area (Å²) in [5, 5.41) is 0. The minimum Gasteiger partial charge on any atom is -0.396 e. The zero-order chi connectivity index (χ0) is 23.2. The van der Waals surface area contributed by atoms with Crippen molar-refractivity contribution in [1.82, 2.24) is 9.96 Å². The Morgan fingerprint density at radius 2 is 0.969 bits per heavy atom. The summed E-state index contributed by atoms with van der Waals surface area (Å²) in [5.74, 6) is 2.08. The molecule has 2 N–H and O–H groups in total. The van der Waals surface area contributed by atoms with E-state index in [9.17, 15) is 0 Å². The molecule has 3 rings (SSSR count). The average molecular weight is 465 g/mol. The van der Waals surface area contributed by atoms with E-state index in [2.05, 4.69) is 110 Å². The van der Waals surface area contributed by atoms with Gasteiger partial charge in [-0.3, -0.25) is 9.98 Å². The molecule has 0 aliphatic heterocycles. The second-order valence-electron chi connectivity index (χ2n) is 10.9. The van der Waals surface area contributed by atoms with Crippen LogP contribution in [0.15, 0.2) is 70.6 Å². The fourth-order valence-corrected chi connectivity index (χ4v) is 5.82. The van der Waals surface area contributed by atoms with E-state index < -0.39 is 16.5 Å². The molecule has 2 aromatic rings. The molecule has 0 heterocycles. The molecule has 0 saturated heterocycles. The van der Waals surface area contributed by atoms with Crippen LogP contribution in [0, 0.1) is 0 Å². The van der Waals surface area contributed by atoms with Crippen LogP contribution in [0.25, 0.3) is 0 Å². The summed E-state index contributed by atoms with van der Waals surface area (Å²) in [5.41, 5.74) is 2.35. The van der Waals surface area contributed by atoms with Crippen molar-refractivity contribution in [3.63, 3.8) is 0 Å². The molecular weight excluding hydrogens is 424 g/mol. The van der Waals surface area contributed by atoms with Gasteiger partial charge in [0.15, 0.2) is 0 Å². The van der Waals surface area contributed by atoms with Gasteiger partial charge in [0.1, 0.15) is 28.1 Å². The van der Waals surface area contributed by atoms with Crippen LogP contribution in [-0.2, 0) is 0 Å². The first-order valence-corrected chi connectivity index (χ1v) is 18.9. The van der Waals surface area contributed by atoms with Crippen molar-refractivity contribution in [2.75, 3.05) is 0 Å². The molecule has 0 radical (unpaired) electrons. The smallest absolute Gasteiger partial charge is 0.145 e. The lowest BCUT2D eigenvalue weighted by Gasteiger charge is -2.30. The molecule has 1 aliphatic rings. The highest BCUT2D eigenvalue weighted by Crippen LogP contribution is 2.25. The highest BCUT2D eigenvalue weighted by atomic mass is 28.3. The van der Waals surface area contributed by atoms with Gasteiger partial charge in [-0.15, -0.1) is 0 Å². The Balaban J connectivity index is 1.98. The Morgan fingerprint density at radius 3 is 1.28 bits per heavy atom. The van der Waals surface area contributed by atoms with E-state index in [0.717, 1.165) is 24.5 Å². The lowest BCUT2D eigenvalue weighted by atomic mass is 9.91. The van der Waals surface area contributed by atoms with Crippen LogP contribution in [0.4, 0.5) is 0 Å². The van der Waals surface area contributed by atoms with Crippen molar-refractivity contribution in [2.24, 2.45) is 9.98 Å². The molecule has 1 saturated carbocycles. The minimum absolute atomic E-state index is 0.199. The summed E-state index contributed by atoms with van der Waals surface area (Å²) < 4.78 is 0. The number of rotatable bonds is 6. The van der Waals surface area contributed by atoms with Crippen LogP contribution in [0.3, 0.4) is 0 Å². The van der Waals surface area contributed by atoms with Gasteiger partial charge in [0.2, 0.25) is 0 Å². The Hall–Kier alpha value is -2.19. The Morgan fingerprint density at radius 1 is 0.625 bits per heavy atom. The van der Waals surface area contributed by atoms with Gasteiger partial charge in [0, 0.05) is 11.1 Å². The molecule has 2 aromatic carbocycles. The molecule has 0 amide bonds. The fourth-order valence-electron chi connectivity index (χ4n) is 3.98. The van der Waals surface area contributed by atoms with Crippen molar-refractivity contribution in [1.29, 1.82) is 0 Å². The van der Waals surface area contributed by atoms with Gasteiger partial charge >= 0.3 is 0 Å². The first-order valence-electron chi connectivity index (χ1n) is 11.9. The zero-order valence-electron chi connectivity index (χ0n) is 20.7. The standard InChI is InChI=1S/C26H40N4Si2/c1-31(2,3)29-25(21-15-9-7-10-16-21)27-23-19-13-14-20-24(23)28-26(30-32(4,5)6)22-17-11-8-12-18-22/h7-12,15-18,23-24H,13-14,19-20H2,1-6H3,(H,27,29)(H,28,30)/t23-,24-/m0/s1. The van der Waals surface area contributed by atoms with Crippen molar-refractivity contribution in [3.8, 4) is 0 Å². The van der Waals surface area contributed by atoms with E-state index in [-0.39, 0.29) is 12.1 Å². The Bertz CT molecular complexity index is 835. The molecule has 6 heteroatoms. The van der Waals surface area contributed by atoms with Gasteiger partial charge in [-0.25, -0.2) is 0 Å². The molecule has 172 valence electrons. The van der Waals surface area contributed by atoms with Gasteiger partial charge in [-0.05, 0) is 12.8 Å². The quantitative estimate of drug-likeness (QED) is 0.311. The van der Waals surface area contributed by atoms with E-state index in [1.54, 1.807) is 0 Å². The largest absolute Gasteiger partial charge is 0.396 e. The number of nitrogens with one attached hydrogen (secondary N) is 2. The van der Waals surface area contributed by atoms with Gasteiger partial charge < -0.3 is 9.96 Å². The molecule has 1 aliphatic carbocycles. The third-order valence-corrected chi connectivity index (χ3v) is 7.34. The predicted molar refractivity (Wildman–Crippen MR) is 145 cm³/mol. The van der Waals surface area contributed by atoms with Crippen molar-refractivity contribution in [3.05, 3.63) is 71.8 Å². The second-order valence-corrected chi connectivity index (χ2v) is 20.4. The molecule has 4 nitrogen and oxygen atoms in total. The first-order chi connectivity index (χ1) is 15.1. The van der Waals surface area contributed by atoms with Crippen LogP contribution in [0.1, 0.15) is 36.8 Å². The van der Waals surface area contributed by atoms with Gasteiger partial charge in [-0.2, -0.15) is 0 Å². The van der Waals surface area contributed by atoms with Gasteiger partial charge in [0.25, 0.3) is 0 Å². The van der Waals surface area contributed by atoms with Crippen LogP contribution in [0.2, 0.25) is 39.3 Å². The third-order valence-electron chi connectivity index (χ3n) is 5.37. The maximum atomic E-state index is 5.33. The van der Waals surface area contributed by atoms with Gasteiger partial charge in [0.05, 0.1) is 12.1 Å². The summed E-state index contributed by atoms with van der Waals surface area (Å²) >= 11 is 0. The van der Waals surface area contributed by atoms with E-state index in [1.807, 2.05) is 0 Å². The molecular formula is C26H40N4Si2. The molecule has 2 atom stereocenters. The molecule has 0 aromatic heterocycles. The number of benzene rings is 2. The van der Waals surface area contributed by atoms with Crippen molar-refractivity contribution >= 4 is 28.1 Å². The molecule has 0 bridgehead atoms. The summed E-state index contributed by atoms with van der Waals surface area (Å²) in [6.45, 7) is 14.0. The molecule has 0 spiro atoms. The Labute approximate surface area is 196 Å². The van der Waals surface area contributed by atoms with Crippen LogP contribution in [0.5, 0.6) is 0 Å². The topological polar surface area (TPSA) is 48.8 Å². The maximum Gasteiger partial charge on any atom is 0.145 e. The predicted octanol–water partition coefficient (Wildman–Crippen LogP) is 6.04. The summed E-state index contributed by atoms with van der Waals surface area (Å²) in [6.07, 6.45) is 4.62. The lowest BCUT2D eigenvalue weighted by molar-refractivity contribution is 0.388. The summed E-state index contributed by atoms with van der Waals surface area (Å²) in [4.78, 5) is 18.3. The second kappa shape index (κ2) is 10.6. The zero-order valence-corrected chi connectivity index (χ0v) is 22.7. The number of amidine groups is 2. The van der Waals surface area contributed by atoms with Crippen molar-refractivity contribution < 1.29 is 0 Å². The number of aliphatic imine (C=N–C) groups is 2. The van der Waals surface area contributed by atoms with Crippen LogP contribution < -0.4 is 9.96 Å². The van der Waals surface area contributed by atoms with Crippen LogP contribution in [-0.4, -0.2) is 40.2 Å². The number of hydrogen-bond donors (Lipinski definition) is 2. The van der Waals surface area contributed by atoms with E-state index in [4.69, 9.17) is 9.98 Å². The molecule has 32 heavy (non-hydrogen) atoms. The Kier molecular flexibility index (Phi) is 8.12. The van der Waals surface area contributed by atoms with Crippen LogP contribution >= 0.6 is 0 Å². The number of nitrogens with zero attached hydrogens (tertiary/aromatic N) is 2.